The van der Waals surface area contributed by atoms with Crippen molar-refractivity contribution in [2.24, 2.45) is 0 Å². The van der Waals surface area contributed by atoms with Crippen LogP contribution in [0, 0.1) is 0 Å². The second-order valence-corrected chi connectivity index (χ2v) is 15.1. The lowest BCUT2D eigenvalue weighted by molar-refractivity contribution is -0.170. The van der Waals surface area contributed by atoms with Crippen LogP contribution in [-0.4, -0.2) is 38.9 Å². The van der Waals surface area contributed by atoms with Gasteiger partial charge in [0.1, 0.15) is 12.2 Å². The van der Waals surface area contributed by atoms with Crippen LogP contribution in [0.3, 0.4) is 0 Å². The maximum atomic E-state index is 13.1. The van der Waals surface area contributed by atoms with Crippen LogP contribution in [0.1, 0.15) is 53.2 Å². The molecular formula is C31H38O5Si. The van der Waals surface area contributed by atoms with E-state index in [0.717, 1.165) is 15.9 Å². The number of carbonyl (C=O) groups excluding carboxylic acids is 1. The lowest BCUT2D eigenvalue weighted by Gasteiger charge is -2.46. The molecule has 0 radical (unpaired) electrons. The summed E-state index contributed by atoms with van der Waals surface area (Å²) in [6.07, 6.45) is -2.19. The topological polar surface area (TPSA) is 54.0 Å². The first-order chi connectivity index (χ1) is 17.6. The molecule has 1 fully saturated rings. The second-order valence-electron chi connectivity index (χ2n) is 10.9. The molecule has 0 unspecified atom stereocenters. The van der Waals surface area contributed by atoms with E-state index in [4.69, 9.17) is 18.6 Å². The molecule has 0 saturated carbocycles. The summed E-state index contributed by atoms with van der Waals surface area (Å²) in [5.41, 5.74) is 0.927. The SMILES string of the molecule is CCOC(=O)[C@H]1OC(C)(C)O[C@@H]1[C@@H](O[Si](c1ccccc1)(c1ccccc1)C(C)(C)C)c1ccccc1. The van der Waals surface area contributed by atoms with Crippen LogP contribution in [0.4, 0.5) is 0 Å². The van der Waals surface area contributed by atoms with E-state index < -0.39 is 38.4 Å². The van der Waals surface area contributed by atoms with Crippen molar-refractivity contribution in [3.63, 3.8) is 0 Å². The maximum absolute atomic E-state index is 13.1. The Bertz CT molecular complexity index is 1120. The van der Waals surface area contributed by atoms with Gasteiger partial charge in [-0.2, -0.15) is 0 Å². The number of esters is 1. The van der Waals surface area contributed by atoms with Crippen molar-refractivity contribution in [1.29, 1.82) is 0 Å². The summed E-state index contributed by atoms with van der Waals surface area (Å²) in [5, 5.41) is 2.05. The molecule has 0 amide bonds. The average molecular weight is 519 g/mol. The molecule has 3 aromatic rings. The minimum absolute atomic E-state index is 0.253. The quantitative estimate of drug-likeness (QED) is 0.296. The Morgan fingerprint density at radius 1 is 0.865 bits per heavy atom. The van der Waals surface area contributed by atoms with Crippen molar-refractivity contribution in [2.45, 2.75) is 70.7 Å². The first kappa shape index (κ1) is 27.3. The minimum Gasteiger partial charge on any atom is -0.464 e. The number of ether oxygens (including phenoxy) is 3. The highest BCUT2D eigenvalue weighted by atomic mass is 28.4. The van der Waals surface area contributed by atoms with Gasteiger partial charge in [0.25, 0.3) is 8.32 Å². The normalized spacial score (nSPS) is 20.4. The molecule has 6 heteroatoms. The fraction of sp³-hybridized carbons (Fsp3) is 0.387. The summed E-state index contributed by atoms with van der Waals surface area (Å²) in [6, 6.07) is 30.9. The van der Waals surface area contributed by atoms with Crippen molar-refractivity contribution < 1.29 is 23.4 Å². The summed E-state index contributed by atoms with van der Waals surface area (Å²) in [6.45, 7) is 12.4. The van der Waals surface area contributed by atoms with Crippen molar-refractivity contribution in [3.8, 4) is 0 Å². The fourth-order valence-electron chi connectivity index (χ4n) is 5.27. The van der Waals surface area contributed by atoms with Gasteiger partial charge in [0.2, 0.25) is 0 Å². The van der Waals surface area contributed by atoms with Crippen LogP contribution in [0.25, 0.3) is 0 Å². The van der Waals surface area contributed by atoms with E-state index in [2.05, 4.69) is 69.3 Å². The van der Waals surface area contributed by atoms with Gasteiger partial charge in [0.15, 0.2) is 11.9 Å². The van der Waals surface area contributed by atoms with Gasteiger partial charge in [-0.05, 0) is 41.7 Å². The molecule has 196 valence electrons. The van der Waals surface area contributed by atoms with Crippen molar-refractivity contribution >= 4 is 24.7 Å². The third-order valence-electron chi connectivity index (χ3n) is 6.80. The van der Waals surface area contributed by atoms with Gasteiger partial charge in [0, 0.05) is 0 Å². The number of carbonyl (C=O) groups is 1. The van der Waals surface area contributed by atoms with E-state index in [1.807, 2.05) is 56.3 Å². The molecule has 0 aromatic heterocycles. The fourth-order valence-corrected chi connectivity index (χ4v) is 9.93. The van der Waals surface area contributed by atoms with Crippen LogP contribution in [0.5, 0.6) is 0 Å². The van der Waals surface area contributed by atoms with Gasteiger partial charge in [-0.25, -0.2) is 4.79 Å². The highest BCUT2D eigenvalue weighted by molar-refractivity contribution is 6.99. The van der Waals surface area contributed by atoms with Gasteiger partial charge in [-0.1, -0.05) is 112 Å². The number of hydrogen-bond acceptors (Lipinski definition) is 5. The van der Waals surface area contributed by atoms with E-state index in [-0.39, 0.29) is 11.6 Å². The van der Waals surface area contributed by atoms with Gasteiger partial charge in [0.05, 0.1) is 6.61 Å². The summed E-state index contributed by atoms with van der Waals surface area (Å²) in [4.78, 5) is 13.1. The predicted octanol–water partition coefficient (Wildman–Crippen LogP) is 5.39. The Morgan fingerprint density at radius 3 is 1.81 bits per heavy atom. The van der Waals surface area contributed by atoms with E-state index in [9.17, 15) is 4.79 Å². The highest BCUT2D eigenvalue weighted by Crippen LogP contribution is 2.44. The number of benzene rings is 3. The van der Waals surface area contributed by atoms with Crippen LogP contribution < -0.4 is 10.4 Å². The van der Waals surface area contributed by atoms with Crippen LogP contribution in [0.2, 0.25) is 5.04 Å². The molecule has 1 aliphatic rings. The van der Waals surface area contributed by atoms with Gasteiger partial charge < -0.3 is 18.6 Å². The summed E-state index contributed by atoms with van der Waals surface area (Å²) in [5.74, 6) is -1.41. The zero-order valence-corrected chi connectivity index (χ0v) is 23.6. The monoisotopic (exact) mass is 518 g/mol. The Morgan fingerprint density at radius 2 is 1.35 bits per heavy atom. The third-order valence-corrected chi connectivity index (χ3v) is 11.8. The van der Waals surface area contributed by atoms with Gasteiger partial charge >= 0.3 is 5.97 Å². The Balaban J connectivity index is 1.93. The first-order valence-corrected chi connectivity index (χ1v) is 14.9. The molecule has 37 heavy (non-hydrogen) atoms. The number of hydrogen-bond donors (Lipinski definition) is 0. The van der Waals surface area contributed by atoms with Crippen molar-refractivity contribution in [3.05, 3.63) is 96.6 Å². The smallest absolute Gasteiger partial charge is 0.338 e. The predicted molar refractivity (Wildman–Crippen MR) is 148 cm³/mol. The molecular weight excluding hydrogens is 480 g/mol. The van der Waals surface area contributed by atoms with E-state index in [1.165, 1.54) is 0 Å². The lowest BCUT2D eigenvalue weighted by atomic mass is 10.0. The third kappa shape index (κ3) is 5.58. The van der Waals surface area contributed by atoms with Gasteiger partial charge in [-0.3, -0.25) is 0 Å². The summed E-state index contributed by atoms with van der Waals surface area (Å²) in [7, 11) is -2.98. The Kier molecular flexibility index (Phi) is 8.04. The van der Waals surface area contributed by atoms with Crippen molar-refractivity contribution in [2.75, 3.05) is 6.61 Å². The van der Waals surface area contributed by atoms with Crippen molar-refractivity contribution in [1.82, 2.24) is 0 Å². The molecule has 3 atom stereocenters. The van der Waals surface area contributed by atoms with E-state index >= 15 is 0 Å². The lowest BCUT2D eigenvalue weighted by Crippen LogP contribution is -2.67. The molecule has 4 rings (SSSR count). The molecule has 3 aromatic carbocycles. The maximum Gasteiger partial charge on any atom is 0.338 e. The van der Waals surface area contributed by atoms with Crippen LogP contribution in [0.15, 0.2) is 91.0 Å². The molecule has 0 bridgehead atoms. The first-order valence-electron chi connectivity index (χ1n) is 12.9. The van der Waals surface area contributed by atoms with Crippen LogP contribution in [-0.2, 0) is 23.4 Å². The molecule has 1 heterocycles. The summed E-state index contributed by atoms with van der Waals surface area (Å²) >= 11 is 0. The summed E-state index contributed by atoms with van der Waals surface area (Å²) < 4.78 is 25.5. The number of rotatable bonds is 8. The van der Waals surface area contributed by atoms with E-state index in [1.54, 1.807) is 6.92 Å². The van der Waals surface area contributed by atoms with Gasteiger partial charge in [-0.15, -0.1) is 0 Å². The molecule has 0 N–H and O–H groups in total. The Hall–Kier alpha value is -2.77. The zero-order chi connectivity index (χ0) is 26.7. The second kappa shape index (κ2) is 10.9. The van der Waals surface area contributed by atoms with Crippen LogP contribution >= 0.6 is 0 Å². The zero-order valence-electron chi connectivity index (χ0n) is 22.6. The largest absolute Gasteiger partial charge is 0.464 e. The Labute approximate surface area is 221 Å². The molecule has 0 spiro atoms. The molecule has 1 aliphatic heterocycles. The van der Waals surface area contributed by atoms with E-state index in [0.29, 0.717) is 0 Å². The highest BCUT2D eigenvalue weighted by Gasteiger charge is 2.56. The minimum atomic E-state index is -2.98. The molecule has 5 nitrogen and oxygen atoms in total. The standard InChI is InChI=1S/C31H38O5Si/c1-7-33-29(32)28-27(34-31(5,6)35-28)26(23-17-11-8-12-18-23)36-37(30(2,3)4,24-19-13-9-14-20-24)25-21-15-10-16-22-25/h8-22,26-28H,7H2,1-6H3/t26-,27+,28-/m0/s1. The average Bonchev–Trinajstić information content (AvgIpc) is 3.21. The molecule has 1 saturated heterocycles. The molecule has 0 aliphatic carbocycles.